The number of carbonyl (C=O) groups excluding carboxylic acids is 2. The maximum Gasteiger partial charge on any atom is 0.251 e. The largest absolute Gasteiger partial charge is 0.394 e. The molecule has 8 nitrogen and oxygen atoms in total. The predicted octanol–water partition coefficient (Wildman–Crippen LogP) is 4.40. The summed E-state index contributed by atoms with van der Waals surface area (Å²) >= 11 is 0. The van der Waals surface area contributed by atoms with Crippen LogP contribution in [0, 0.1) is 35.0 Å². The SMILES string of the molecule is CC(C)CNC(=O)c1cccc(-c2cccc(CN3O[C@@H](CO)[C@@H]([C@H](C)O)[C@H]3C(=O)N[C@H]3C[C@@H]4C[C@H]([C@@H]3C)C4(C)C)c2)c1. The molecule has 8 heteroatoms. The van der Waals surface area contributed by atoms with Crippen LogP contribution in [0.25, 0.3) is 11.1 Å². The molecule has 43 heavy (non-hydrogen) atoms. The number of fused-ring (bicyclic) bond motifs is 2. The first-order valence-corrected chi connectivity index (χ1v) is 15.9. The van der Waals surface area contributed by atoms with Crippen LogP contribution in [-0.2, 0) is 16.2 Å². The van der Waals surface area contributed by atoms with E-state index in [1.165, 1.54) is 6.42 Å². The first-order chi connectivity index (χ1) is 20.4. The molecule has 2 bridgehead atoms. The third-order valence-electron chi connectivity index (χ3n) is 10.5. The first kappa shape index (κ1) is 31.6. The van der Waals surface area contributed by atoms with Crippen molar-refractivity contribution in [1.29, 1.82) is 0 Å². The second kappa shape index (κ2) is 12.7. The summed E-state index contributed by atoms with van der Waals surface area (Å²) in [5, 5.41) is 28.8. The van der Waals surface area contributed by atoms with Crippen molar-refractivity contribution in [3.8, 4) is 11.1 Å². The zero-order valence-electron chi connectivity index (χ0n) is 26.4. The molecule has 2 amide bonds. The van der Waals surface area contributed by atoms with Crippen LogP contribution in [0.5, 0.6) is 0 Å². The van der Waals surface area contributed by atoms with E-state index in [-0.39, 0.29) is 24.5 Å². The average Bonchev–Trinajstić information content (AvgIpc) is 3.35. The highest BCUT2D eigenvalue weighted by atomic mass is 16.7. The van der Waals surface area contributed by atoms with Crippen molar-refractivity contribution in [3.05, 3.63) is 59.7 Å². The highest BCUT2D eigenvalue weighted by Crippen LogP contribution is 2.61. The molecule has 1 aliphatic heterocycles. The number of nitrogens with zero attached hydrogens (tertiary/aromatic N) is 1. The minimum atomic E-state index is -0.843. The van der Waals surface area contributed by atoms with Crippen LogP contribution in [0.15, 0.2) is 48.5 Å². The highest BCUT2D eigenvalue weighted by molar-refractivity contribution is 5.95. The van der Waals surface area contributed by atoms with Gasteiger partial charge in [0.25, 0.3) is 5.91 Å². The van der Waals surface area contributed by atoms with Crippen LogP contribution in [0.2, 0.25) is 0 Å². The van der Waals surface area contributed by atoms with E-state index in [1.807, 2.05) is 48.5 Å². The molecular weight excluding hydrogens is 542 g/mol. The van der Waals surface area contributed by atoms with Gasteiger partial charge in [0.05, 0.1) is 19.3 Å². The Kier molecular flexibility index (Phi) is 9.33. The van der Waals surface area contributed by atoms with Crippen molar-refractivity contribution in [2.24, 2.45) is 35.0 Å². The van der Waals surface area contributed by atoms with E-state index >= 15 is 0 Å². The molecule has 0 radical (unpaired) electrons. The van der Waals surface area contributed by atoms with E-state index in [2.05, 4.69) is 45.3 Å². The second-order valence-electron chi connectivity index (χ2n) is 14.1. The molecule has 6 rings (SSSR count). The maximum absolute atomic E-state index is 13.9. The molecule has 4 N–H and O–H groups in total. The quantitative estimate of drug-likeness (QED) is 0.326. The molecule has 4 aliphatic rings. The molecule has 8 atom stereocenters. The zero-order chi connectivity index (χ0) is 31.1. The summed E-state index contributed by atoms with van der Waals surface area (Å²) in [7, 11) is 0. The topological polar surface area (TPSA) is 111 Å². The predicted molar refractivity (Wildman–Crippen MR) is 167 cm³/mol. The van der Waals surface area contributed by atoms with E-state index < -0.39 is 24.2 Å². The minimum absolute atomic E-state index is 0.0855. The number of hydrogen-bond acceptors (Lipinski definition) is 6. The number of nitrogens with one attached hydrogen (secondary N) is 2. The van der Waals surface area contributed by atoms with Gasteiger partial charge in [-0.3, -0.25) is 14.4 Å². The monoisotopic (exact) mass is 591 g/mol. The number of rotatable bonds is 10. The maximum atomic E-state index is 13.9. The Bertz CT molecular complexity index is 1310. The molecule has 0 spiro atoms. The van der Waals surface area contributed by atoms with Gasteiger partial charge in [-0.15, -0.1) is 0 Å². The van der Waals surface area contributed by atoms with Crippen LogP contribution in [-0.4, -0.2) is 64.5 Å². The summed E-state index contributed by atoms with van der Waals surface area (Å²) in [6, 6.07) is 14.9. The Balaban J connectivity index is 1.34. The fraction of sp³-hybridized carbons (Fsp3) is 0.600. The van der Waals surface area contributed by atoms with Gasteiger partial charge < -0.3 is 20.8 Å². The number of hydrogen-bond donors (Lipinski definition) is 4. The van der Waals surface area contributed by atoms with Crippen molar-refractivity contribution in [1.82, 2.24) is 15.7 Å². The molecule has 2 aromatic carbocycles. The summed E-state index contributed by atoms with van der Waals surface area (Å²) < 4.78 is 0. The molecule has 0 unspecified atom stereocenters. The number of benzene rings is 2. The van der Waals surface area contributed by atoms with Crippen molar-refractivity contribution in [2.75, 3.05) is 13.2 Å². The summed E-state index contributed by atoms with van der Waals surface area (Å²) in [4.78, 5) is 32.8. The van der Waals surface area contributed by atoms with Crippen molar-refractivity contribution in [2.45, 2.75) is 85.2 Å². The van der Waals surface area contributed by atoms with E-state index in [1.54, 1.807) is 12.0 Å². The molecule has 1 saturated heterocycles. The van der Waals surface area contributed by atoms with E-state index in [9.17, 15) is 19.8 Å². The van der Waals surface area contributed by atoms with E-state index in [0.717, 1.165) is 23.1 Å². The van der Waals surface area contributed by atoms with Crippen LogP contribution in [0.3, 0.4) is 0 Å². The highest BCUT2D eigenvalue weighted by Gasteiger charge is 2.57. The van der Waals surface area contributed by atoms with Crippen LogP contribution < -0.4 is 10.6 Å². The average molecular weight is 592 g/mol. The number of carbonyl (C=O) groups is 2. The molecule has 0 aromatic heterocycles. The smallest absolute Gasteiger partial charge is 0.251 e. The Hall–Kier alpha value is -2.78. The van der Waals surface area contributed by atoms with Gasteiger partial charge in [-0.25, -0.2) is 0 Å². The number of hydroxylamine groups is 2. The van der Waals surface area contributed by atoms with Gasteiger partial charge in [-0.2, -0.15) is 5.06 Å². The molecular formula is C35H49N3O5. The second-order valence-corrected chi connectivity index (χ2v) is 14.1. The number of aliphatic hydroxyl groups excluding tert-OH is 2. The van der Waals surface area contributed by atoms with Gasteiger partial charge >= 0.3 is 0 Å². The molecule has 2 aromatic rings. The van der Waals surface area contributed by atoms with Crippen LogP contribution in [0.1, 0.15) is 70.3 Å². The van der Waals surface area contributed by atoms with Gasteiger partial charge in [0.2, 0.25) is 5.91 Å². The van der Waals surface area contributed by atoms with E-state index in [4.69, 9.17) is 4.84 Å². The summed E-state index contributed by atoms with van der Waals surface area (Å²) in [5.41, 5.74) is 3.70. The third kappa shape index (κ3) is 6.39. The molecule has 3 aliphatic carbocycles. The van der Waals surface area contributed by atoms with Gasteiger partial charge in [-0.05, 0) is 83.7 Å². The van der Waals surface area contributed by atoms with Crippen molar-refractivity contribution >= 4 is 11.8 Å². The van der Waals surface area contributed by atoms with Crippen LogP contribution in [0.4, 0.5) is 0 Å². The summed E-state index contributed by atoms with van der Waals surface area (Å²) in [6.45, 7) is 13.3. The third-order valence-corrected chi connectivity index (χ3v) is 10.5. The van der Waals surface area contributed by atoms with Gasteiger partial charge in [0, 0.05) is 24.1 Å². The van der Waals surface area contributed by atoms with Crippen LogP contribution >= 0.6 is 0 Å². The van der Waals surface area contributed by atoms with Crippen molar-refractivity contribution < 1.29 is 24.6 Å². The fourth-order valence-electron chi connectivity index (χ4n) is 7.75. The van der Waals surface area contributed by atoms with E-state index in [0.29, 0.717) is 47.7 Å². The van der Waals surface area contributed by atoms with Gasteiger partial charge in [-0.1, -0.05) is 65.0 Å². The lowest BCUT2D eigenvalue weighted by Crippen LogP contribution is -2.62. The Morgan fingerprint density at radius 2 is 1.77 bits per heavy atom. The first-order valence-electron chi connectivity index (χ1n) is 15.9. The molecule has 4 fully saturated rings. The van der Waals surface area contributed by atoms with Gasteiger partial charge in [0.15, 0.2) is 0 Å². The lowest BCUT2D eigenvalue weighted by Gasteiger charge is -2.62. The number of aliphatic hydroxyl groups is 2. The molecule has 1 heterocycles. The molecule has 234 valence electrons. The Morgan fingerprint density at radius 1 is 1.07 bits per heavy atom. The lowest BCUT2D eigenvalue weighted by atomic mass is 9.45. The normalized spacial score (nSPS) is 30.5. The lowest BCUT2D eigenvalue weighted by molar-refractivity contribution is -0.183. The molecule has 3 saturated carbocycles. The summed E-state index contributed by atoms with van der Waals surface area (Å²) in [6.07, 6.45) is 0.661. The number of amides is 2. The fourth-order valence-corrected chi connectivity index (χ4v) is 7.75. The summed E-state index contributed by atoms with van der Waals surface area (Å²) in [5.74, 6) is 1.11. The van der Waals surface area contributed by atoms with Gasteiger partial charge in [0.1, 0.15) is 12.1 Å². The Morgan fingerprint density at radius 3 is 2.40 bits per heavy atom. The zero-order valence-corrected chi connectivity index (χ0v) is 26.4. The standard InChI is InChI=1S/C35H49N3O5/c1-20(2)17-36-33(41)26-12-8-11-25(14-26)24-10-7-9-23(13-24)18-38-32(31(22(4)40)30(19-39)43-38)34(42)37-29-16-27-15-28(21(29)3)35(27,5)6/h7-14,20-22,27-32,39-40H,15-19H2,1-6H3,(H,36,41)(H,37,42)/t21-,22-,27-,28+,29-,30-,31+,32-/m0/s1. The minimum Gasteiger partial charge on any atom is -0.394 e. The van der Waals surface area contributed by atoms with Crippen molar-refractivity contribution in [3.63, 3.8) is 0 Å². The Labute approximate surface area is 256 Å².